The number of aryl methyl sites for hydroxylation is 1. The summed E-state index contributed by atoms with van der Waals surface area (Å²) in [4.78, 5) is 33.8. The number of carbonyl (C=O) groups excluding carboxylic acids is 1. The molecule has 0 radical (unpaired) electrons. The zero-order valence-electron chi connectivity index (χ0n) is 13.2. The smallest absolute Gasteiger partial charge is 0.343 e. The van der Waals surface area contributed by atoms with Gasteiger partial charge in [0.05, 0.1) is 10.5 Å². The summed E-state index contributed by atoms with van der Waals surface area (Å²) in [5.74, 6) is -0.449. The topological polar surface area (TPSA) is 99.7 Å². The van der Waals surface area contributed by atoms with Gasteiger partial charge >= 0.3 is 11.6 Å². The van der Waals surface area contributed by atoms with E-state index in [-0.39, 0.29) is 17.0 Å². The molecule has 0 bridgehead atoms. The number of nitro groups is 1. The van der Waals surface area contributed by atoms with Crippen LogP contribution in [0.25, 0.3) is 11.0 Å². The van der Waals surface area contributed by atoms with Crippen LogP contribution in [0.5, 0.6) is 5.75 Å². The summed E-state index contributed by atoms with van der Waals surface area (Å²) in [5.41, 5.74) is 0.770. The van der Waals surface area contributed by atoms with Crippen molar-refractivity contribution in [3.8, 4) is 5.75 Å². The first-order valence-corrected chi connectivity index (χ1v) is 7.51. The van der Waals surface area contributed by atoms with Gasteiger partial charge in [0.15, 0.2) is 0 Å². The van der Waals surface area contributed by atoms with E-state index in [0.717, 1.165) is 10.9 Å². The first kappa shape index (κ1) is 16.4. The minimum absolute atomic E-state index is 0.115. The van der Waals surface area contributed by atoms with E-state index in [1.165, 1.54) is 36.4 Å². The number of nitrogens with zero attached hydrogens (tertiary/aromatic N) is 1. The average molecular weight is 339 g/mol. The normalized spacial score (nSPS) is 10.6. The lowest BCUT2D eigenvalue weighted by Gasteiger charge is -2.07. The van der Waals surface area contributed by atoms with Gasteiger partial charge in [0, 0.05) is 29.7 Å². The van der Waals surface area contributed by atoms with Gasteiger partial charge in [0.1, 0.15) is 11.3 Å². The highest BCUT2D eigenvalue weighted by Crippen LogP contribution is 2.24. The highest BCUT2D eigenvalue weighted by atomic mass is 16.6. The Kier molecular flexibility index (Phi) is 4.30. The van der Waals surface area contributed by atoms with Gasteiger partial charge in [-0.2, -0.15) is 0 Å². The molecule has 3 aromatic rings. The molecule has 1 aromatic heterocycles. The highest BCUT2D eigenvalue weighted by molar-refractivity contribution is 5.92. The van der Waals surface area contributed by atoms with E-state index in [9.17, 15) is 19.7 Å². The van der Waals surface area contributed by atoms with Gasteiger partial charge in [-0.25, -0.2) is 9.59 Å². The summed E-state index contributed by atoms with van der Waals surface area (Å²) in [6.07, 6.45) is 0.671. The Morgan fingerprint density at radius 1 is 1.16 bits per heavy atom. The van der Waals surface area contributed by atoms with Gasteiger partial charge in [0.25, 0.3) is 5.69 Å². The molecule has 0 spiro atoms. The Morgan fingerprint density at radius 3 is 2.52 bits per heavy atom. The van der Waals surface area contributed by atoms with Crippen LogP contribution in [0.1, 0.15) is 22.8 Å². The summed E-state index contributed by atoms with van der Waals surface area (Å²) in [6, 6.07) is 11.3. The third-order valence-corrected chi connectivity index (χ3v) is 3.71. The summed E-state index contributed by atoms with van der Waals surface area (Å²) in [5, 5.41) is 11.4. The molecular formula is C18H13NO6. The van der Waals surface area contributed by atoms with E-state index in [1.54, 1.807) is 12.1 Å². The number of fused-ring (bicyclic) bond motifs is 1. The van der Waals surface area contributed by atoms with Crippen molar-refractivity contribution in [2.75, 3.05) is 0 Å². The Morgan fingerprint density at radius 2 is 1.88 bits per heavy atom. The van der Waals surface area contributed by atoms with E-state index >= 15 is 0 Å². The van der Waals surface area contributed by atoms with E-state index in [4.69, 9.17) is 9.15 Å². The van der Waals surface area contributed by atoms with Crippen molar-refractivity contribution >= 4 is 22.6 Å². The minimum atomic E-state index is -0.664. The summed E-state index contributed by atoms with van der Waals surface area (Å²) in [7, 11) is 0. The number of non-ortho nitro benzene ring substituents is 1. The van der Waals surface area contributed by atoms with Gasteiger partial charge in [-0.15, -0.1) is 0 Å². The predicted octanol–water partition coefficient (Wildman–Crippen LogP) is 3.48. The third kappa shape index (κ3) is 3.40. The van der Waals surface area contributed by atoms with Crippen LogP contribution in [0.4, 0.5) is 5.69 Å². The lowest BCUT2D eigenvalue weighted by Crippen LogP contribution is -2.08. The summed E-state index contributed by atoms with van der Waals surface area (Å²) in [6.45, 7) is 1.93. The van der Waals surface area contributed by atoms with Crippen LogP contribution in [-0.2, 0) is 6.42 Å². The van der Waals surface area contributed by atoms with Crippen LogP contribution in [0.3, 0.4) is 0 Å². The van der Waals surface area contributed by atoms with Crippen molar-refractivity contribution in [1.29, 1.82) is 0 Å². The van der Waals surface area contributed by atoms with Gasteiger partial charge in [-0.05, 0) is 36.2 Å². The molecule has 0 fully saturated rings. The molecule has 25 heavy (non-hydrogen) atoms. The minimum Gasteiger partial charge on any atom is -0.423 e. The lowest BCUT2D eigenvalue weighted by molar-refractivity contribution is -0.384. The summed E-state index contributed by atoms with van der Waals surface area (Å²) < 4.78 is 10.4. The zero-order chi connectivity index (χ0) is 18.0. The Hall–Kier alpha value is -3.48. The van der Waals surface area contributed by atoms with Gasteiger partial charge < -0.3 is 9.15 Å². The number of rotatable bonds is 4. The van der Waals surface area contributed by atoms with Crippen molar-refractivity contribution in [2.45, 2.75) is 13.3 Å². The average Bonchev–Trinajstić information content (AvgIpc) is 2.60. The number of nitro benzene ring substituents is 1. The quantitative estimate of drug-likeness (QED) is 0.237. The Bertz CT molecular complexity index is 1020. The number of benzene rings is 2. The van der Waals surface area contributed by atoms with Crippen LogP contribution in [0, 0.1) is 10.1 Å². The molecule has 0 amide bonds. The second-order valence-corrected chi connectivity index (χ2v) is 5.30. The monoisotopic (exact) mass is 339 g/mol. The molecule has 0 aliphatic rings. The van der Waals surface area contributed by atoms with E-state index in [2.05, 4.69) is 0 Å². The van der Waals surface area contributed by atoms with Gasteiger partial charge in [-0.1, -0.05) is 6.92 Å². The molecule has 2 aromatic carbocycles. The molecule has 0 aliphatic carbocycles. The first-order valence-electron chi connectivity index (χ1n) is 7.51. The standard InChI is InChI=1S/C18H13NO6/c1-2-11-9-17(20)25-16-10-14(7-8-15(11)16)24-18(21)12-3-5-13(6-4-12)19(22)23/h3-10H,2H2,1H3. The van der Waals surface area contributed by atoms with E-state index in [0.29, 0.717) is 12.0 Å². The van der Waals surface area contributed by atoms with Crippen molar-refractivity contribution in [3.63, 3.8) is 0 Å². The number of hydrogen-bond donors (Lipinski definition) is 0. The maximum Gasteiger partial charge on any atom is 0.343 e. The maximum atomic E-state index is 12.1. The Labute approximate surface area is 141 Å². The fourth-order valence-corrected chi connectivity index (χ4v) is 2.45. The second kappa shape index (κ2) is 6.56. The molecule has 7 heteroatoms. The predicted molar refractivity (Wildman–Crippen MR) is 89.9 cm³/mol. The molecule has 0 N–H and O–H groups in total. The molecule has 7 nitrogen and oxygen atoms in total. The number of ether oxygens (including phenoxy) is 1. The lowest BCUT2D eigenvalue weighted by atomic mass is 10.1. The SMILES string of the molecule is CCc1cc(=O)oc2cc(OC(=O)c3ccc([N+](=O)[O-])cc3)ccc12. The fraction of sp³-hybridized carbons (Fsp3) is 0.111. The van der Waals surface area contributed by atoms with Crippen molar-refractivity contribution in [1.82, 2.24) is 0 Å². The van der Waals surface area contributed by atoms with Crippen LogP contribution in [0.2, 0.25) is 0 Å². The van der Waals surface area contributed by atoms with Crippen molar-refractivity contribution in [2.24, 2.45) is 0 Å². The third-order valence-electron chi connectivity index (χ3n) is 3.71. The molecule has 0 saturated carbocycles. The van der Waals surface area contributed by atoms with Crippen molar-refractivity contribution in [3.05, 3.63) is 80.2 Å². The van der Waals surface area contributed by atoms with Gasteiger partial charge in [-0.3, -0.25) is 10.1 Å². The van der Waals surface area contributed by atoms with E-state index < -0.39 is 16.5 Å². The molecule has 0 atom stereocenters. The van der Waals surface area contributed by atoms with Crippen LogP contribution < -0.4 is 10.4 Å². The molecule has 1 heterocycles. The Balaban J connectivity index is 1.88. The molecule has 0 unspecified atom stereocenters. The number of carbonyl (C=O) groups is 1. The molecule has 0 saturated heterocycles. The molecular weight excluding hydrogens is 326 g/mol. The second-order valence-electron chi connectivity index (χ2n) is 5.30. The molecule has 126 valence electrons. The largest absolute Gasteiger partial charge is 0.423 e. The summed E-state index contributed by atoms with van der Waals surface area (Å²) >= 11 is 0. The zero-order valence-corrected chi connectivity index (χ0v) is 13.2. The first-order chi connectivity index (χ1) is 12.0. The maximum absolute atomic E-state index is 12.1. The number of hydrogen-bond acceptors (Lipinski definition) is 6. The molecule has 3 rings (SSSR count). The molecule has 0 aliphatic heterocycles. The van der Waals surface area contributed by atoms with Crippen LogP contribution in [-0.4, -0.2) is 10.9 Å². The van der Waals surface area contributed by atoms with Crippen molar-refractivity contribution < 1.29 is 18.9 Å². The van der Waals surface area contributed by atoms with Crippen LogP contribution in [0.15, 0.2) is 57.7 Å². The van der Waals surface area contributed by atoms with Crippen LogP contribution >= 0.6 is 0 Å². The highest BCUT2D eigenvalue weighted by Gasteiger charge is 2.13. The fourth-order valence-electron chi connectivity index (χ4n) is 2.45. The number of esters is 1. The van der Waals surface area contributed by atoms with Gasteiger partial charge in [0.2, 0.25) is 0 Å². The van der Waals surface area contributed by atoms with E-state index in [1.807, 2.05) is 6.92 Å².